The van der Waals surface area contributed by atoms with Gasteiger partial charge in [-0.05, 0) is 56.1 Å². The van der Waals surface area contributed by atoms with Gasteiger partial charge in [0.2, 0.25) is 5.79 Å². The maximum atomic E-state index is 17.9. The van der Waals surface area contributed by atoms with Crippen molar-refractivity contribution in [3.8, 4) is 0 Å². The standard InChI is InChI=1S/C28H37FN2O5/c1-5-8-31-13-18-11-24(3)19(10-22(18)30-31)6-7-20-21-9-17(2)28(25(21,4)12-23(32)27(20,24)29)26(35-16-36-28)14-33-15-34-26/h5,10,13,17,20-21,23,32H,1,6-9,11-12,14-16H2,2-4H3/p+1/t17-,20-,21-,23-,24-,25-,26?,27-,28+/m0/s1. The van der Waals surface area contributed by atoms with Crippen LogP contribution in [-0.2, 0) is 31.9 Å². The maximum absolute atomic E-state index is 17.9. The number of H-pyrrole nitrogens is 1. The molecular weight excluding hydrogens is 463 g/mol. The highest BCUT2D eigenvalue weighted by molar-refractivity contribution is 5.59. The SMILES string of the molecule is C=CC[n+]1cc2c([nH]1)C=C1CC[C@H]3[C@@H]4C[C@H](C)[C@@]5(OCOC56COCO6)[C@@]4(C)C[C@H](O)[C@]3(F)[C@@]1(C)C2. The molecule has 2 saturated heterocycles. The molecular formula is C28H38FN2O5+. The van der Waals surface area contributed by atoms with Crippen LogP contribution in [-0.4, -0.2) is 53.6 Å². The lowest BCUT2D eigenvalue weighted by atomic mass is 9.43. The molecule has 0 amide bonds. The predicted molar refractivity (Wildman–Crippen MR) is 128 cm³/mol. The van der Waals surface area contributed by atoms with Crippen LogP contribution < -0.4 is 4.68 Å². The van der Waals surface area contributed by atoms with Gasteiger partial charge in [-0.2, -0.15) is 5.10 Å². The molecule has 0 aromatic carbocycles. The average Bonchev–Trinajstić information content (AvgIpc) is 3.59. The first-order chi connectivity index (χ1) is 17.2. The Kier molecular flexibility index (Phi) is 4.76. The van der Waals surface area contributed by atoms with Crippen molar-refractivity contribution in [3.63, 3.8) is 0 Å². The number of aromatic amines is 1. The number of aromatic nitrogens is 2. The van der Waals surface area contributed by atoms with Gasteiger partial charge in [0.05, 0.1) is 6.10 Å². The van der Waals surface area contributed by atoms with E-state index in [1.165, 1.54) is 0 Å². The summed E-state index contributed by atoms with van der Waals surface area (Å²) in [6.45, 7) is 11.5. The van der Waals surface area contributed by atoms with Crippen molar-refractivity contribution in [2.45, 2.75) is 82.6 Å². The first-order valence-electron chi connectivity index (χ1n) is 13.4. The predicted octanol–water partition coefficient (Wildman–Crippen LogP) is 3.42. The minimum atomic E-state index is -1.73. The second-order valence-corrected chi connectivity index (χ2v) is 12.6. The first kappa shape index (κ1) is 23.5. The molecule has 6 aliphatic rings. The molecule has 1 aromatic heterocycles. The number of rotatable bonds is 2. The third-order valence-corrected chi connectivity index (χ3v) is 11.3. The molecule has 5 fully saturated rings. The van der Waals surface area contributed by atoms with Crippen molar-refractivity contribution in [2.75, 3.05) is 20.2 Å². The van der Waals surface area contributed by atoms with E-state index in [1.54, 1.807) is 0 Å². The summed E-state index contributed by atoms with van der Waals surface area (Å²) in [6.07, 6.45) is 8.18. The third kappa shape index (κ3) is 2.44. The highest BCUT2D eigenvalue weighted by Crippen LogP contribution is 2.74. The Labute approximate surface area is 211 Å². The molecule has 0 bridgehead atoms. The first-order valence-corrected chi connectivity index (χ1v) is 13.4. The zero-order valence-corrected chi connectivity index (χ0v) is 21.5. The van der Waals surface area contributed by atoms with E-state index in [1.807, 2.05) is 17.7 Å². The van der Waals surface area contributed by atoms with Crippen molar-refractivity contribution in [1.29, 1.82) is 0 Å². The van der Waals surface area contributed by atoms with E-state index < -0.39 is 34.0 Å². The summed E-state index contributed by atoms with van der Waals surface area (Å²) in [5, 5.41) is 15.3. The summed E-state index contributed by atoms with van der Waals surface area (Å²) < 4.78 is 44.3. The number of aliphatic hydroxyl groups is 1. The Morgan fingerprint density at radius 1 is 1.25 bits per heavy atom. The number of nitrogens with one attached hydrogen (secondary N) is 1. The molecule has 7 nitrogen and oxygen atoms in total. The zero-order chi connectivity index (χ0) is 25.1. The van der Waals surface area contributed by atoms with Crippen molar-refractivity contribution in [2.24, 2.45) is 28.6 Å². The fraction of sp³-hybridized carbons (Fsp3) is 0.750. The Hall–Kier alpha value is -1.58. The van der Waals surface area contributed by atoms with E-state index in [0.717, 1.165) is 29.7 Å². The maximum Gasteiger partial charge on any atom is 0.227 e. The Morgan fingerprint density at radius 2 is 2.06 bits per heavy atom. The van der Waals surface area contributed by atoms with E-state index >= 15 is 4.39 Å². The summed E-state index contributed by atoms with van der Waals surface area (Å²) in [6, 6.07) is 0. The van der Waals surface area contributed by atoms with Crippen LogP contribution in [0.15, 0.2) is 24.4 Å². The van der Waals surface area contributed by atoms with Gasteiger partial charge in [0.25, 0.3) is 0 Å². The number of halogens is 1. The van der Waals surface area contributed by atoms with Gasteiger partial charge in [-0.15, -0.1) is 4.68 Å². The summed E-state index contributed by atoms with van der Waals surface area (Å²) in [7, 11) is 0. The van der Waals surface area contributed by atoms with Crippen molar-refractivity contribution in [1.82, 2.24) is 5.10 Å². The van der Waals surface area contributed by atoms with Crippen molar-refractivity contribution in [3.05, 3.63) is 35.7 Å². The number of aliphatic hydroxyl groups excluding tert-OH is 1. The minimum absolute atomic E-state index is 0.0420. The van der Waals surface area contributed by atoms with Gasteiger partial charge in [0.15, 0.2) is 26.3 Å². The lowest BCUT2D eigenvalue weighted by Gasteiger charge is -2.64. The molecule has 2 aliphatic heterocycles. The third-order valence-electron chi connectivity index (χ3n) is 11.3. The van der Waals surface area contributed by atoms with Crippen LogP contribution in [0.2, 0.25) is 0 Å². The highest BCUT2D eigenvalue weighted by atomic mass is 19.1. The molecule has 196 valence electrons. The molecule has 2 N–H and O–H groups in total. The van der Waals surface area contributed by atoms with E-state index in [2.05, 4.69) is 37.8 Å². The zero-order valence-electron chi connectivity index (χ0n) is 21.5. The van der Waals surface area contributed by atoms with Crippen LogP contribution in [0.25, 0.3) is 6.08 Å². The molecule has 7 rings (SSSR count). The van der Waals surface area contributed by atoms with Crippen LogP contribution in [0.3, 0.4) is 0 Å². The Morgan fingerprint density at radius 3 is 2.81 bits per heavy atom. The smallest absolute Gasteiger partial charge is 0.227 e. The molecule has 0 radical (unpaired) electrons. The van der Waals surface area contributed by atoms with Gasteiger partial charge in [-0.25, -0.2) is 4.39 Å². The molecule has 4 aliphatic carbocycles. The number of ether oxygens (including phenoxy) is 4. The molecule has 1 unspecified atom stereocenters. The number of hydrogen-bond acceptors (Lipinski definition) is 5. The lowest BCUT2D eigenvalue weighted by molar-refractivity contribution is -0.741. The molecule has 2 spiro atoms. The number of allylic oxidation sites excluding steroid dienone is 2. The van der Waals surface area contributed by atoms with Gasteiger partial charge in [0, 0.05) is 22.3 Å². The number of alkyl halides is 1. The average molecular weight is 502 g/mol. The van der Waals surface area contributed by atoms with Crippen molar-refractivity contribution < 1.29 is 33.1 Å². The van der Waals surface area contributed by atoms with E-state index in [9.17, 15) is 5.11 Å². The van der Waals surface area contributed by atoms with Gasteiger partial charge in [0.1, 0.15) is 23.6 Å². The van der Waals surface area contributed by atoms with Gasteiger partial charge >= 0.3 is 0 Å². The fourth-order valence-corrected chi connectivity index (χ4v) is 9.93. The summed E-state index contributed by atoms with van der Waals surface area (Å²) in [5.74, 6) is -1.16. The summed E-state index contributed by atoms with van der Waals surface area (Å²) in [4.78, 5) is 0. The molecule has 9 atom stereocenters. The highest BCUT2D eigenvalue weighted by Gasteiger charge is 2.81. The summed E-state index contributed by atoms with van der Waals surface area (Å²) in [5.41, 5.74) is -0.535. The van der Waals surface area contributed by atoms with Gasteiger partial charge < -0.3 is 24.1 Å². The Bertz CT molecular complexity index is 1140. The van der Waals surface area contributed by atoms with Gasteiger partial charge in [-0.1, -0.05) is 32.9 Å². The topological polar surface area (TPSA) is 76.8 Å². The quantitative estimate of drug-likeness (QED) is 0.480. The van der Waals surface area contributed by atoms with E-state index in [-0.39, 0.29) is 31.3 Å². The molecule has 3 heterocycles. The number of nitrogens with zero attached hydrogens (tertiary/aromatic N) is 1. The van der Waals surface area contributed by atoms with E-state index in [0.29, 0.717) is 32.4 Å². The molecule has 1 aromatic rings. The number of hydrogen-bond donors (Lipinski definition) is 2. The van der Waals surface area contributed by atoms with Gasteiger partial charge in [-0.3, -0.25) is 0 Å². The van der Waals surface area contributed by atoms with E-state index in [4.69, 9.17) is 18.9 Å². The normalized spacial score (nSPS) is 51.1. The largest absolute Gasteiger partial charge is 0.390 e. The second kappa shape index (κ2) is 7.29. The van der Waals surface area contributed by atoms with Crippen LogP contribution in [0, 0.1) is 28.6 Å². The molecule has 3 saturated carbocycles. The summed E-state index contributed by atoms with van der Waals surface area (Å²) >= 11 is 0. The minimum Gasteiger partial charge on any atom is -0.390 e. The fourth-order valence-electron chi connectivity index (χ4n) is 9.93. The second-order valence-electron chi connectivity index (χ2n) is 12.6. The Balaban J connectivity index is 1.31. The van der Waals surface area contributed by atoms with Crippen LogP contribution >= 0.6 is 0 Å². The van der Waals surface area contributed by atoms with Crippen LogP contribution in [0.4, 0.5) is 4.39 Å². The van der Waals surface area contributed by atoms with Crippen LogP contribution in [0.1, 0.15) is 57.7 Å². The monoisotopic (exact) mass is 501 g/mol. The molecule has 8 heteroatoms. The van der Waals surface area contributed by atoms with Crippen LogP contribution in [0.5, 0.6) is 0 Å². The lowest BCUT2D eigenvalue weighted by Crippen LogP contribution is -2.72. The molecule has 36 heavy (non-hydrogen) atoms. The number of fused-ring (bicyclic) bond motifs is 8. The van der Waals surface area contributed by atoms with Crippen molar-refractivity contribution >= 4 is 6.08 Å².